The molecule has 7 heteroatoms. The number of hydrogen-bond acceptors (Lipinski definition) is 2. The first kappa shape index (κ1) is 15.2. The molecule has 5 nitrogen and oxygen atoms in total. The summed E-state index contributed by atoms with van der Waals surface area (Å²) in [7, 11) is 0. The lowest BCUT2D eigenvalue weighted by atomic mass is 10.2. The van der Waals surface area contributed by atoms with E-state index in [1.807, 2.05) is 12.1 Å². The van der Waals surface area contributed by atoms with Crippen LogP contribution in [0.1, 0.15) is 13.3 Å². The largest absolute Gasteiger partial charge is 0.480 e. The average molecular weight is 427 g/mol. The Labute approximate surface area is 127 Å². The van der Waals surface area contributed by atoms with E-state index in [0.717, 1.165) is 8.04 Å². The lowest BCUT2D eigenvalue weighted by molar-refractivity contribution is -0.139. The van der Waals surface area contributed by atoms with Crippen LogP contribution in [-0.2, 0) is 4.79 Å². The van der Waals surface area contributed by atoms with E-state index < -0.39 is 18.0 Å². The number of carbonyl (C=O) groups is 2. The van der Waals surface area contributed by atoms with Gasteiger partial charge in [-0.25, -0.2) is 9.59 Å². The highest BCUT2D eigenvalue weighted by atomic mass is 127. The molecule has 0 spiro atoms. The van der Waals surface area contributed by atoms with Gasteiger partial charge in [-0.3, -0.25) is 0 Å². The number of carbonyl (C=O) groups excluding carboxylic acids is 1. The highest BCUT2D eigenvalue weighted by molar-refractivity contribution is 14.1. The van der Waals surface area contributed by atoms with Crippen molar-refractivity contribution in [1.29, 1.82) is 0 Å². The van der Waals surface area contributed by atoms with Crippen LogP contribution in [0.4, 0.5) is 10.5 Å². The average Bonchev–Trinajstić information content (AvgIpc) is 2.29. The molecule has 0 fully saturated rings. The monoisotopic (exact) mass is 426 g/mol. The van der Waals surface area contributed by atoms with E-state index in [1.54, 1.807) is 13.0 Å². The molecule has 0 aliphatic rings. The van der Waals surface area contributed by atoms with Crippen molar-refractivity contribution < 1.29 is 14.7 Å². The summed E-state index contributed by atoms with van der Waals surface area (Å²) in [6.45, 7) is 1.69. The Balaban J connectivity index is 2.67. The van der Waals surface area contributed by atoms with Crippen molar-refractivity contribution in [2.45, 2.75) is 19.4 Å². The van der Waals surface area contributed by atoms with E-state index in [0.29, 0.717) is 12.1 Å². The molecule has 2 amide bonds. The topological polar surface area (TPSA) is 78.4 Å². The van der Waals surface area contributed by atoms with Crippen molar-refractivity contribution in [3.63, 3.8) is 0 Å². The van der Waals surface area contributed by atoms with Crippen LogP contribution in [0.2, 0.25) is 0 Å². The van der Waals surface area contributed by atoms with Gasteiger partial charge in [0.1, 0.15) is 6.04 Å². The number of rotatable bonds is 4. The quantitative estimate of drug-likeness (QED) is 0.647. The van der Waals surface area contributed by atoms with E-state index in [-0.39, 0.29) is 0 Å². The summed E-state index contributed by atoms with van der Waals surface area (Å²) in [6, 6.07) is 4.02. The molecular formula is C11H12BrIN2O3. The van der Waals surface area contributed by atoms with Crippen LogP contribution < -0.4 is 10.6 Å². The molecule has 0 radical (unpaired) electrons. The maximum atomic E-state index is 11.6. The molecule has 0 heterocycles. The maximum Gasteiger partial charge on any atom is 0.326 e. The van der Waals surface area contributed by atoms with Crippen LogP contribution in [0.15, 0.2) is 22.7 Å². The molecular weight excluding hydrogens is 415 g/mol. The zero-order chi connectivity index (χ0) is 13.7. The minimum Gasteiger partial charge on any atom is -0.480 e. The number of halogens is 2. The number of hydrogen-bond donors (Lipinski definition) is 3. The molecule has 18 heavy (non-hydrogen) atoms. The van der Waals surface area contributed by atoms with Crippen LogP contribution in [0.25, 0.3) is 0 Å². The number of aliphatic carboxylic acids is 1. The smallest absolute Gasteiger partial charge is 0.326 e. The van der Waals surface area contributed by atoms with Crippen molar-refractivity contribution >= 4 is 56.2 Å². The highest BCUT2D eigenvalue weighted by Crippen LogP contribution is 2.24. The second-order valence-corrected chi connectivity index (χ2v) is 5.62. The fourth-order valence-electron chi connectivity index (χ4n) is 1.25. The molecule has 98 valence electrons. The standard InChI is InChI=1S/C11H12BrIN2O3/c1-2-8(10(16)17)14-11(18)15-9-4-3-6(13)5-7(9)12/h3-5,8H,2H2,1H3,(H,16,17)(H2,14,15,18). The summed E-state index contributed by atoms with van der Waals surface area (Å²) in [5.41, 5.74) is 0.591. The Morgan fingerprint density at radius 3 is 2.67 bits per heavy atom. The number of nitrogens with one attached hydrogen (secondary N) is 2. The summed E-state index contributed by atoms with van der Waals surface area (Å²) in [5, 5.41) is 13.8. The molecule has 0 saturated carbocycles. The van der Waals surface area contributed by atoms with Crippen molar-refractivity contribution in [3.05, 3.63) is 26.2 Å². The molecule has 0 aliphatic carbocycles. The molecule has 3 N–H and O–H groups in total. The normalized spacial score (nSPS) is 11.7. The molecule has 1 aromatic rings. The van der Waals surface area contributed by atoms with Gasteiger partial charge in [-0.05, 0) is 63.1 Å². The van der Waals surface area contributed by atoms with Gasteiger partial charge in [0, 0.05) is 8.04 Å². The Kier molecular flexibility index (Phi) is 5.86. The van der Waals surface area contributed by atoms with Crippen LogP contribution in [0.3, 0.4) is 0 Å². The van der Waals surface area contributed by atoms with E-state index in [1.165, 1.54) is 0 Å². The van der Waals surface area contributed by atoms with Crippen molar-refractivity contribution in [2.75, 3.05) is 5.32 Å². The van der Waals surface area contributed by atoms with Gasteiger partial charge in [0.05, 0.1) is 5.69 Å². The summed E-state index contributed by atoms with van der Waals surface area (Å²) in [6.07, 6.45) is 0.330. The fraction of sp³-hybridized carbons (Fsp3) is 0.273. The maximum absolute atomic E-state index is 11.6. The Morgan fingerprint density at radius 2 is 2.17 bits per heavy atom. The zero-order valence-electron chi connectivity index (χ0n) is 9.54. The second kappa shape index (κ2) is 6.93. The minimum absolute atomic E-state index is 0.330. The van der Waals surface area contributed by atoms with Crippen LogP contribution >= 0.6 is 38.5 Å². The Bertz CT molecular complexity index is 468. The van der Waals surface area contributed by atoms with Crippen molar-refractivity contribution in [2.24, 2.45) is 0 Å². The van der Waals surface area contributed by atoms with Gasteiger partial charge >= 0.3 is 12.0 Å². The van der Waals surface area contributed by atoms with Crippen LogP contribution in [0.5, 0.6) is 0 Å². The number of carboxylic acid groups (broad SMARTS) is 1. The first-order valence-electron chi connectivity index (χ1n) is 5.19. The Morgan fingerprint density at radius 1 is 1.50 bits per heavy atom. The third kappa shape index (κ3) is 4.45. The third-order valence-corrected chi connectivity index (χ3v) is 3.52. The van der Waals surface area contributed by atoms with Crippen LogP contribution in [0, 0.1) is 3.57 Å². The van der Waals surface area contributed by atoms with Gasteiger partial charge in [0.2, 0.25) is 0 Å². The third-order valence-electron chi connectivity index (χ3n) is 2.19. The second-order valence-electron chi connectivity index (χ2n) is 3.52. The molecule has 0 aliphatic heterocycles. The van der Waals surface area contributed by atoms with Gasteiger partial charge in [0.25, 0.3) is 0 Å². The first-order valence-corrected chi connectivity index (χ1v) is 7.06. The molecule has 1 rings (SSSR count). The lowest BCUT2D eigenvalue weighted by Gasteiger charge is -2.14. The van der Waals surface area contributed by atoms with Crippen LogP contribution in [-0.4, -0.2) is 23.1 Å². The number of benzene rings is 1. The predicted octanol–water partition coefficient (Wildman–Crippen LogP) is 3.04. The molecule has 1 atom stereocenters. The number of carboxylic acids is 1. The van der Waals surface area contributed by atoms with E-state index in [2.05, 4.69) is 49.2 Å². The summed E-state index contributed by atoms with van der Waals surface area (Å²) < 4.78 is 1.77. The van der Waals surface area contributed by atoms with E-state index in [4.69, 9.17) is 5.11 Å². The SMILES string of the molecule is CCC(NC(=O)Nc1ccc(I)cc1Br)C(=O)O. The highest BCUT2D eigenvalue weighted by Gasteiger charge is 2.17. The minimum atomic E-state index is -1.05. The van der Waals surface area contributed by atoms with E-state index >= 15 is 0 Å². The predicted molar refractivity (Wildman–Crippen MR) is 80.7 cm³/mol. The molecule has 0 bridgehead atoms. The van der Waals surface area contributed by atoms with Crippen molar-refractivity contribution in [1.82, 2.24) is 5.32 Å². The molecule has 0 aromatic heterocycles. The number of amides is 2. The number of anilines is 1. The summed E-state index contributed by atoms with van der Waals surface area (Å²) in [4.78, 5) is 22.4. The molecule has 1 unspecified atom stereocenters. The van der Waals surface area contributed by atoms with Gasteiger partial charge in [-0.2, -0.15) is 0 Å². The fourth-order valence-corrected chi connectivity index (χ4v) is 2.64. The lowest BCUT2D eigenvalue weighted by Crippen LogP contribution is -2.42. The van der Waals surface area contributed by atoms with Gasteiger partial charge in [-0.1, -0.05) is 6.92 Å². The van der Waals surface area contributed by atoms with E-state index in [9.17, 15) is 9.59 Å². The summed E-state index contributed by atoms with van der Waals surface area (Å²) in [5.74, 6) is -1.05. The zero-order valence-corrected chi connectivity index (χ0v) is 13.3. The van der Waals surface area contributed by atoms with Crippen molar-refractivity contribution in [3.8, 4) is 0 Å². The Hall–Kier alpha value is -0.830. The summed E-state index contributed by atoms with van der Waals surface area (Å²) >= 11 is 5.48. The molecule has 1 aromatic carbocycles. The van der Waals surface area contributed by atoms with Gasteiger partial charge in [-0.15, -0.1) is 0 Å². The van der Waals surface area contributed by atoms with Gasteiger partial charge < -0.3 is 15.7 Å². The number of urea groups is 1. The van der Waals surface area contributed by atoms with Gasteiger partial charge in [0.15, 0.2) is 0 Å². The first-order chi connectivity index (χ1) is 8.43. The molecule has 0 saturated heterocycles.